The van der Waals surface area contributed by atoms with Crippen molar-refractivity contribution in [1.29, 1.82) is 0 Å². The van der Waals surface area contributed by atoms with Crippen LogP contribution in [0, 0.1) is 0 Å². The van der Waals surface area contributed by atoms with Gasteiger partial charge in [0.25, 0.3) is 5.22 Å². The van der Waals surface area contributed by atoms with Crippen LogP contribution in [0.15, 0.2) is 58.2 Å². The number of rotatable bonds is 5. The monoisotopic (exact) mass is 424 g/mol. The lowest BCUT2D eigenvalue weighted by atomic mass is 10.3. The fourth-order valence-corrected chi connectivity index (χ4v) is 5.21. The van der Waals surface area contributed by atoms with Crippen molar-refractivity contribution in [3.8, 4) is 0 Å². The maximum Gasteiger partial charge on any atom is 0.257 e. The molecular weight excluding hydrogens is 404 g/mol. The van der Waals surface area contributed by atoms with Gasteiger partial charge in [0, 0.05) is 26.2 Å². The zero-order chi connectivity index (χ0) is 19.6. The summed E-state index contributed by atoms with van der Waals surface area (Å²) in [6, 6.07) is 15.9. The molecule has 29 heavy (non-hydrogen) atoms. The first-order valence-electron chi connectivity index (χ1n) is 9.57. The minimum atomic E-state index is 0.136. The van der Waals surface area contributed by atoms with Crippen LogP contribution in [0.5, 0.6) is 0 Å². The van der Waals surface area contributed by atoms with E-state index < -0.39 is 0 Å². The Bertz CT molecular complexity index is 1080. The van der Waals surface area contributed by atoms with E-state index >= 15 is 0 Å². The van der Waals surface area contributed by atoms with E-state index in [1.54, 1.807) is 11.3 Å². The van der Waals surface area contributed by atoms with Crippen LogP contribution in [0.2, 0.25) is 0 Å². The van der Waals surface area contributed by atoms with Crippen molar-refractivity contribution >= 4 is 50.3 Å². The largest absolute Gasteiger partial charge is 0.431 e. The Morgan fingerprint density at radius 1 is 1.00 bits per heavy atom. The van der Waals surface area contributed by atoms with Gasteiger partial charge in [0.15, 0.2) is 5.58 Å². The Balaban J connectivity index is 1.12. The lowest BCUT2D eigenvalue weighted by Gasteiger charge is -2.34. The lowest BCUT2D eigenvalue weighted by Crippen LogP contribution is -2.48. The number of oxazole rings is 1. The normalized spacial score (nSPS) is 15.4. The van der Waals surface area contributed by atoms with Crippen LogP contribution in [0.25, 0.3) is 21.3 Å². The molecule has 1 aliphatic rings. The molecule has 6 nitrogen and oxygen atoms in total. The van der Waals surface area contributed by atoms with Crippen LogP contribution in [0.3, 0.4) is 0 Å². The molecule has 3 heterocycles. The van der Waals surface area contributed by atoms with E-state index in [1.165, 1.54) is 16.5 Å². The number of carbonyl (C=O) groups excluding carboxylic acids is 1. The van der Waals surface area contributed by atoms with Gasteiger partial charge in [0.2, 0.25) is 5.91 Å². The number of piperazine rings is 1. The standard InChI is InChI=1S/C21H20N4O2S2/c26-20(14-28-21-23-15-5-1-3-7-17(15)27-21)25-11-9-24(10-12-25)13-19-22-16-6-2-4-8-18(16)29-19/h1-8H,9-14H2. The fraction of sp³-hybridized carbons (Fsp3) is 0.286. The van der Waals surface area contributed by atoms with Crippen LogP contribution in [0.4, 0.5) is 0 Å². The molecule has 0 atom stereocenters. The topological polar surface area (TPSA) is 62.5 Å². The number of para-hydroxylation sites is 3. The minimum Gasteiger partial charge on any atom is -0.431 e. The Morgan fingerprint density at radius 3 is 2.55 bits per heavy atom. The van der Waals surface area contributed by atoms with Crippen molar-refractivity contribution in [3.05, 3.63) is 53.5 Å². The second-order valence-electron chi connectivity index (χ2n) is 6.97. The highest BCUT2D eigenvalue weighted by Gasteiger charge is 2.22. The summed E-state index contributed by atoms with van der Waals surface area (Å²) < 4.78 is 6.91. The van der Waals surface area contributed by atoms with Crippen LogP contribution in [0.1, 0.15) is 5.01 Å². The first kappa shape index (κ1) is 18.6. The molecule has 0 N–H and O–H groups in total. The number of benzene rings is 2. The average molecular weight is 425 g/mol. The molecule has 4 aromatic rings. The minimum absolute atomic E-state index is 0.136. The summed E-state index contributed by atoms with van der Waals surface area (Å²) >= 11 is 3.11. The van der Waals surface area contributed by atoms with Gasteiger partial charge in [0.1, 0.15) is 10.5 Å². The van der Waals surface area contributed by atoms with Gasteiger partial charge in [0.05, 0.1) is 22.5 Å². The van der Waals surface area contributed by atoms with Gasteiger partial charge in [-0.2, -0.15) is 0 Å². The highest BCUT2D eigenvalue weighted by atomic mass is 32.2. The SMILES string of the molecule is O=C(CSc1nc2ccccc2o1)N1CCN(Cc2nc3ccccc3s2)CC1. The highest BCUT2D eigenvalue weighted by molar-refractivity contribution is 7.99. The maximum atomic E-state index is 12.6. The zero-order valence-electron chi connectivity index (χ0n) is 15.8. The average Bonchev–Trinajstić information content (AvgIpc) is 3.35. The number of thioether (sulfide) groups is 1. The van der Waals surface area contributed by atoms with Gasteiger partial charge in [-0.25, -0.2) is 9.97 Å². The van der Waals surface area contributed by atoms with Crippen molar-refractivity contribution in [1.82, 2.24) is 19.8 Å². The molecule has 1 saturated heterocycles. The number of aromatic nitrogens is 2. The van der Waals surface area contributed by atoms with E-state index in [9.17, 15) is 4.79 Å². The molecule has 5 rings (SSSR count). The molecule has 148 valence electrons. The van der Waals surface area contributed by atoms with E-state index in [1.807, 2.05) is 41.3 Å². The molecule has 2 aromatic heterocycles. The summed E-state index contributed by atoms with van der Waals surface area (Å²) in [6.07, 6.45) is 0. The number of hydrogen-bond donors (Lipinski definition) is 0. The number of thiazole rings is 1. The van der Waals surface area contributed by atoms with Crippen LogP contribution < -0.4 is 0 Å². The molecule has 0 aliphatic carbocycles. The Hall–Kier alpha value is -2.42. The molecule has 0 bridgehead atoms. The van der Waals surface area contributed by atoms with Crippen LogP contribution in [-0.4, -0.2) is 57.6 Å². The molecule has 0 radical (unpaired) electrons. The van der Waals surface area contributed by atoms with Crippen molar-refractivity contribution < 1.29 is 9.21 Å². The Morgan fingerprint density at radius 2 is 1.76 bits per heavy atom. The Labute approximate surface area is 176 Å². The molecule has 0 unspecified atom stereocenters. The molecule has 1 fully saturated rings. The van der Waals surface area contributed by atoms with Crippen molar-refractivity contribution in [2.45, 2.75) is 11.8 Å². The smallest absolute Gasteiger partial charge is 0.257 e. The van der Waals surface area contributed by atoms with Crippen LogP contribution >= 0.6 is 23.1 Å². The van der Waals surface area contributed by atoms with Gasteiger partial charge in [-0.1, -0.05) is 36.0 Å². The second-order valence-corrected chi connectivity index (χ2v) is 9.01. The third-order valence-corrected chi connectivity index (χ3v) is 6.85. The lowest BCUT2D eigenvalue weighted by molar-refractivity contribution is -0.130. The molecule has 1 aliphatic heterocycles. The van der Waals surface area contributed by atoms with E-state index in [2.05, 4.69) is 22.0 Å². The molecule has 1 amide bonds. The van der Waals surface area contributed by atoms with Crippen molar-refractivity contribution in [2.75, 3.05) is 31.9 Å². The number of hydrogen-bond acceptors (Lipinski definition) is 7. The van der Waals surface area contributed by atoms with E-state index in [4.69, 9.17) is 9.40 Å². The quantitative estimate of drug-likeness (QED) is 0.453. The number of amides is 1. The van der Waals surface area contributed by atoms with Crippen molar-refractivity contribution in [2.24, 2.45) is 0 Å². The van der Waals surface area contributed by atoms with Gasteiger partial charge in [-0.15, -0.1) is 11.3 Å². The summed E-state index contributed by atoms with van der Waals surface area (Å²) in [5, 5.41) is 1.69. The van der Waals surface area contributed by atoms with Crippen LogP contribution in [-0.2, 0) is 11.3 Å². The summed E-state index contributed by atoms with van der Waals surface area (Å²) in [5.41, 5.74) is 2.65. The van der Waals surface area contributed by atoms with E-state index in [-0.39, 0.29) is 5.91 Å². The molecule has 2 aromatic carbocycles. The first-order valence-corrected chi connectivity index (χ1v) is 11.4. The summed E-state index contributed by atoms with van der Waals surface area (Å²) in [6.45, 7) is 4.08. The predicted octanol–water partition coefficient (Wildman–Crippen LogP) is 3.87. The summed E-state index contributed by atoms with van der Waals surface area (Å²) in [5.74, 6) is 0.488. The van der Waals surface area contributed by atoms with E-state index in [0.29, 0.717) is 11.0 Å². The molecule has 8 heteroatoms. The highest BCUT2D eigenvalue weighted by Crippen LogP contribution is 2.25. The second kappa shape index (κ2) is 8.14. The molecular formula is C21H20N4O2S2. The first-order chi connectivity index (χ1) is 14.2. The van der Waals surface area contributed by atoms with Crippen molar-refractivity contribution in [3.63, 3.8) is 0 Å². The fourth-order valence-electron chi connectivity index (χ4n) is 3.46. The predicted molar refractivity (Wildman–Crippen MR) is 116 cm³/mol. The van der Waals surface area contributed by atoms with Gasteiger partial charge < -0.3 is 9.32 Å². The van der Waals surface area contributed by atoms with Gasteiger partial charge in [-0.05, 0) is 24.3 Å². The molecule has 0 saturated carbocycles. The third-order valence-electron chi connectivity index (χ3n) is 5.02. The Kier molecular flexibility index (Phi) is 5.22. The number of nitrogens with zero attached hydrogens (tertiary/aromatic N) is 4. The van der Waals surface area contributed by atoms with Gasteiger partial charge >= 0.3 is 0 Å². The third kappa shape index (κ3) is 4.14. The maximum absolute atomic E-state index is 12.6. The molecule has 0 spiro atoms. The number of carbonyl (C=O) groups is 1. The summed E-state index contributed by atoms with van der Waals surface area (Å²) in [7, 11) is 0. The summed E-state index contributed by atoms with van der Waals surface area (Å²) in [4.78, 5) is 26.0. The van der Waals surface area contributed by atoms with E-state index in [0.717, 1.165) is 54.3 Å². The number of fused-ring (bicyclic) bond motifs is 2. The zero-order valence-corrected chi connectivity index (χ0v) is 17.4. The van der Waals surface area contributed by atoms with Gasteiger partial charge in [-0.3, -0.25) is 9.69 Å².